The second-order valence-corrected chi connectivity index (χ2v) is 4.74. The predicted molar refractivity (Wildman–Crippen MR) is 61.8 cm³/mol. The Kier molecular flexibility index (Phi) is 3.75. The summed E-state index contributed by atoms with van der Waals surface area (Å²) in [5.74, 6) is -1.48. The summed E-state index contributed by atoms with van der Waals surface area (Å²) in [6.45, 7) is 1.80. The van der Waals surface area contributed by atoms with E-state index < -0.39 is 17.8 Å². The molecule has 0 atom stereocenters. The van der Waals surface area contributed by atoms with Crippen LogP contribution in [0.3, 0.4) is 0 Å². The SMILES string of the molecule is CCc1ccc(C2CCC(F)CC2)c(F)c1F. The van der Waals surface area contributed by atoms with E-state index in [1.54, 1.807) is 19.1 Å². The fourth-order valence-corrected chi connectivity index (χ4v) is 2.56. The summed E-state index contributed by atoms with van der Waals surface area (Å²) < 4.78 is 40.5. The minimum atomic E-state index is -0.769. The molecule has 0 aliphatic heterocycles. The van der Waals surface area contributed by atoms with Gasteiger partial charge in [-0.15, -0.1) is 0 Å². The second kappa shape index (κ2) is 5.11. The molecule has 94 valence electrons. The molecule has 1 aromatic rings. The highest BCUT2D eigenvalue weighted by atomic mass is 19.2. The Morgan fingerprint density at radius 1 is 1.06 bits per heavy atom. The molecule has 1 aromatic carbocycles. The first-order valence-corrected chi connectivity index (χ1v) is 6.24. The summed E-state index contributed by atoms with van der Waals surface area (Å²) in [6.07, 6.45) is 1.86. The first-order chi connectivity index (χ1) is 8.13. The van der Waals surface area contributed by atoms with Crippen molar-refractivity contribution in [3.8, 4) is 0 Å². The van der Waals surface area contributed by atoms with Gasteiger partial charge in [-0.2, -0.15) is 0 Å². The van der Waals surface area contributed by atoms with Crippen molar-refractivity contribution in [3.05, 3.63) is 34.9 Å². The van der Waals surface area contributed by atoms with Crippen molar-refractivity contribution in [2.75, 3.05) is 0 Å². The molecule has 0 unspecified atom stereocenters. The maximum Gasteiger partial charge on any atom is 0.162 e. The number of benzene rings is 1. The van der Waals surface area contributed by atoms with Crippen LogP contribution < -0.4 is 0 Å². The van der Waals surface area contributed by atoms with Gasteiger partial charge in [0.05, 0.1) is 0 Å². The number of rotatable bonds is 2. The van der Waals surface area contributed by atoms with E-state index in [0.717, 1.165) is 0 Å². The lowest BCUT2D eigenvalue weighted by atomic mass is 9.82. The lowest BCUT2D eigenvalue weighted by Gasteiger charge is -2.25. The Morgan fingerprint density at radius 2 is 1.71 bits per heavy atom. The van der Waals surface area contributed by atoms with Gasteiger partial charge >= 0.3 is 0 Å². The Labute approximate surface area is 99.8 Å². The average Bonchev–Trinajstić information content (AvgIpc) is 2.34. The molecular formula is C14H17F3. The van der Waals surface area contributed by atoms with Gasteiger partial charge in [0.2, 0.25) is 0 Å². The number of hydrogen-bond donors (Lipinski definition) is 0. The zero-order valence-electron chi connectivity index (χ0n) is 9.98. The van der Waals surface area contributed by atoms with Crippen LogP contribution >= 0.6 is 0 Å². The van der Waals surface area contributed by atoms with Gasteiger partial charge in [0.1, 0.15) is 6.17 Å². The molecule has 1 aliphatic carbocycles. The molecule has 1 fully saturated rings. The van der Waals surface area contributed by atoms with Crippen LogP contribution in [0.2, 0.25) is 0 Å². The van der Waals surface area contributed by atoms with Gasteiger partial charge < -0.3 is 0 Å². The third-order valence-electron chi connectivity index (χ3n) is 3.67. The highest BCUT2D eigenvalue weighted by Gasteiger charge is 2.25. The summed E-state index contributed by atoms with van der Waals surface area (Å²) in [4.78, 5) is 0. The van der Waals surface area contributed by atoms with Gasteiger partial charge in [-0.25, -0.2) is 13.2 Å². The third-order valence-corrected chi connectivity index (χ3v) is 3.67. The highest BCUT2D eigenvalue weighted by molar-refractivity contribution is 5.29. The minimum Gasteiger partial charge on any atom is -0.247 e. The molecule has 0 aromatic heterocycles. The van der Waals surface area contributed by atoms with Crippen molar-refractivity contribution < 1.29 is 13.2 Å². The van der Waals surface area contributed by atoms with Crippen LogP contribution in [0, 0.1) is 11.6 Å². The van der Waals surface area contributed by atoms with Crippen LogP contribution in [0.15, 0.2) is 12.1 Å². The molecule has 0 nitrogen and oxygen atoms in total. The van der Waals surface area contributed by atoms with E-state index in [1.165, 1.54) is 0 Å². The minimum absolute atomic E-state index is 0.0255. The van der Waals surface area contributed by atoms with Crippen molar-refractivity contribution in [1.82, 2.24) is 0 Å². The van der Waals surface area contributed by atoms with Gasteiger partial charge in [0.15, 0.2) is 11.6 Å². The van der Waals surface area contributed by atoms with Crippen molar-refractivity contribution >= 4 is 0 Å². The summed E-state index contributed by atoms with van der Waals surface area (Å²) in [6, 6.07) is 3.32. The third kappa shape index (κ3) is 2.48. The lowest BCUT2D eigenvalue weighted by molar-refractivity contribution is 0.233. The lowest BCUT2D eigenvalue weighted by Crippen LogP contribution is -2.15. The van der Waals surface area contributed by atoms with Crippen molar-refractivity contribution in [3.63, 3.8) is 0 Å². The van der Waals surface area contributed by atoms with Crippen molar-refractivity contribution in [2.45, 2.75) is 51.1 Å². The summed E-state index contributed by atoms with van der Waals surface area (Å²) in [5.41, 5.74) is 0.831. The van der Waals surface area contributed by atoms with E-state index in [2.05, 4.69) is 0 Å². The van der Waals surface area contributed by atoms with E-state index in [1.807, 2.05) is 0 Å². The molecule has 0 heterocycles. The zero-order chi connectivity index (χ0) is 12.4. The monoisotopic (exact) mass is 242 g/mol. The summed E-state index contributed by atoms with van der Waals surface area (Å²) in [5, 5.41) is 0. The molecule has 0 saturated heterocycles. The molecule has 17 heavy (non-hydrogen) atoms. The van der Waals surface area contributed by atoms with E-state index in [0.29, 0.717) is 43.2 Å². The quantitative estimate of drug-likeness (QED) is 0.715. The standard InChI is InChI=1S/C14H17F3/c1-2-9-5-8-12(14(17)13(9)16)10-3-6-11(15)7-4-10/h5,8,10-11H,2-4,6-7H2,1H3. The van der Waals surface area contributed by atoms with Crippen molar-refractivity contribution in [1.29, 1.82) is 0 Å². The number of aryl methyl sites for hydroxylation is 1. The van der Waals surface area contributed by atoms with Gasteiger partial charge in [-0.3, -0.25) is 0 Å². The fraction of sp³-hybridized carbons (Fsp3) is 0.571. The van der Waals surface area contributed by atoms with Crippen LogP contribution in [0.5, 0.6) is 0 Å². The maximum atomic E-state index is 13.9. The van der Waals surface area contributed by atoms with E-state index in [-0.39, 0.29) is 5.92 Å². The summed E-state index contributed by atoms with van der Waals surface area (Å²) >= 11 is 0. The number of alkyl halides is 1. The van der Waals surface area contributed by atoms with E-state index in [4.69, 9.17) is 0 Å². The van der Waals surface area contributed by atoms with Crippen LogP contribution in [-0.4, -0.2) is 6.17 Å². The Bertz CT molecular complexity index is 393. The van der Waals surface area contributed by atoms with Crippen LogP contribution in [0.25, 0.3) is 0 Å². The van der Waals surface area contributed by atoms with Gasteiger partial charge in [-0.05, 0) is 49.1 Å². The molecule has 0 radical (unpaired) electrons. The zero-order valence-corrected chi connectivity index (χ0v) is 9.98. The summed E-state index contributed by atoms with van der Waals surface area (Å²) in [7, 11) is 0. The topological polar surface area (TPSA) is 0 Å². The van der Waals surface area contributed by atoms with E-state index in [9.17, 15) is 13.2 Å². The first kappa shape index (κ1) is 12.5. The molecule has 0 N–H and O–H groups in total. The van der Waals surface area contributed by atoms with Gasteiger partial charge in [0.25, 0.3) is 0 Å². The average molecular weight is 242 g/mol. The van der Waals surface area contributed by atoms with Crippen LogP contribution in [-0.2, 0) is 6.42 Å². The Balaban J connectivity index is 2.24. The molecule has 2 rings (SSSR count). The molecule has 1 saturated carbocycles. The van der Waals surface area contributed by atoms with Crippen LogP contribution in [0.1, 0.15) is 49.7 Å². The normalized spacial score (nSPS) is 24.9. The highest BCUT2D eigenvalue weighted by Crippen LogP contribution is 2.36. The Hall–Kier alpha value is -0.990. The van der Waals surface area contributed by atoms with Gasteiger partial charge in [0, 0.05) is 0 Å². The second-order valence-electron chi connectivity index (χ2n) is 4.74. The first-order valence-electron chi connectivity index (χ1n) is 6.24. The molecule has 3 heteroatoms. The number of hydrogen-bond acceptors (Lipinski definition) is 0. The van der Waals surface area contributed by atoms with Crippen LogP contribution in [0.4, 0.5) is 13.2 Å². The Morgan fingerprint density at radius 3 is 2.29 bits per heavy atom. The molecule has 1 aliphatic rings. The molecular weight excluding hydrogens is 225 g/mol. The largest absolute Gasteiger partial charge is 0.247 e. The van der Waals surface area contributed by atoms with Gasteiger partial charge in [-0.1, -0.05) is 19.1 Å². The predicted octanol–water partition coefficient (Wildman–Crippen LogP) is 4.52. The fourth-order valence-electron chi connectivity index (χ4n) is 2.56. The van der Waals surface area contributed by atoms with Crippen molar-refractivity contribution in [2.24, 2.45) is 0 Å². The molecule has 0 spiro atoms. The smallest absolute Gasteiger partial charge is 0.162 e. The maximum absolute atomic E-state index is 13.9. The van der Waals surface area contributed by atoms with E-state index >= 15 is 0 Å². The molecule has 0 amide bonds. The number of halogens is 3. The molecule has 0 bridgehead atoms.